The van der Waals surface area contributed by atoms with Crippen molar-refractivity contribution >= 4 is 22.8 Å². The van der Waals surface area contributed by atoms with E-state index in [4.69, 9.17) is 9.72 Å². The molecule has 4 aromatic heterocycles. The topological polar surface area (TPSA) is 94.1 Å². The Morgan fingerprint density at radius 1 is 1.05 bits per heavy atom. The molecule has 0 unspecified atom stereocenters. The van der Waals surface area contributed by atoms with E-state index in [0.29, 0.717) is 23.5 Å². The van der Waals surface area contributed by atoms with Crippen LogP contribution in [-0.4, -0.2) is 52.7 Å². The third-order valence-corrected chi connectivity index (χ3v) is 6.53. The zero-order valence-electron chi connectivity index (χ0n) is 22.3. The first-order chi connectivity index (χ1) is 17.4. The molecule has 0 saturated heterocycles. The molecule has 0 bridgehead atoms. The summed E-state index contributed by atoms with van der Waals surface area (Å²) in [7, 11) is 0. The molecule has 9 heteroatoms. The molecule has 0 N–H and O–H groups in total. The fourth-order valence-electron chi connectivity index (χ4n) is 4.97. The second-order valence-corrected chi connectivity index (χ2v) is 10.8. The lowest BCUT2D eigenvalue weighted by atomic mass is 9.93. The van der Waals surface area contributed by atoms with Gasteiger partial charge in [-0.25, -0.2) is 14.3 Å². The second kappa shape index (κ2) is 8.83. The Hall–Kier alpha value is -4.01. The fourth-order valence-corrected chi connectivity index (χ4v) is 4.97. The van der Waals surface area contributed by atoms with Gasteiger partial charge in [0, 0.05) is 18.3 Å². The minimum Gasteiger partial charge on any atom is -0.444 e. The van der Waals surface area contributed by atoms with E-state index >= 15 is 0 Å². The zero-order chi connectivity index (χ0) is 26.6. The van der Waals surface area contributed by atoms with Crippen LogP contribution in [0.4, 0.5) is 4.79 Å². The molecule has 1 amide bonds. The van der Waals surface area contributed by atoms with Crippen LogP contribution < -0.4 is 5.56 Å². The zero-order valence-corrected chi connectivity index (χ0v) is 22.3. The monoisotopic (exact) mass is 500 g/mol. The quantitative estimate of drug-likeness (QED) is 0.392. The highest BCUT2D eigenvalue weighted by atomic mass is 16.6. The van der Waals surface area contributed by atoms with Crippen LogP contribution in [0.25, 0.3) is 28.1 Å². The number of carbonyl (C=O) groups excluding carboxylic acids is 1. The Morgan fingerprint density at radius 2 is 1.81 bits per heavy atom. The fraction of sp³-hybridized carbons (Fsp3) is 0.393. The average molecular weight is 501 g/mol. The van der Waals surface area contributed by atoms with Gasteiger partial charge in [-0.05, 0) is 84.2 Å². The highest BCUT2D eigenvalue weighted by Crippen LogP contribution is 2.31. The smallest absolute Gasteiger partial charge is 0.411 e. The van der Waals surface area contributed by atoms with Gasteiger partial charge in [0.1, 0.15) is 16.9 Å². The van der Waals surface area contributed by atoms with Crippen LogP contribution in [0.15, 0.2) is 47.5 Å². The van der Waals surface area contributed by atoms with Gasteiger partial charge in [-0.2, -0.15) is 5.10 Å². The number of ether oxygens (including phenoxy) is 1. The summed E-state index contributed by atoms with van der Waals surface area (Å²) in [5.74, 6) is 0. The van der Waals surface area contributed by atoms with Gasteiger partial charge in [0.25, 0.3) is 5.56 Å². The summed E-state index contributed by atoms with van der Waals surface area (Å²) in [5.41, 5.74) is 5.58. The van der Waals surface area contributed by atoms with Crippen molar-refractivity contribution < 1.29 is 9.53 Å². The predicted molar refractivity (Wildman–Crippen MR) is 143 cm³/mol. The van der Waals surface area contributed by atoms with Crippen LogP contribution in [0.2, 0.25) is 0 Å². The van der Waals surface area contributed by atoms with E-state index in [0.717, 1.165) is 28.0 Å². The number of aromatic nitrogens is 5. The van der Waals surface area contributed by atoms with Crippen LogP contribution in [0.5, 0.6) is 0 Å². The normalized spacial score (nSPS) is 18.4. The van der Waals surface area contributed by atoms with E-state index in [9.17, 15) is 9.59 Å². The van der Waals surface area contributed by atoms with Gasteiger partial charge < -0.3 is 4.74 Å². The standard InChI is InChI=1S/C28H32N6O3/c1-16-14-33-24(19(4)29-16)12-23(31-33)22-13-26(35)32-15-20(8-9-25(32)30-22)21-10-17(2)34(18(3)11-21)27(36)37-28(5,6)7/h8-10,12-15,17-18H,11H2,1-7H3/t17-,18-/m0/s1. The van der Waals surface area contributed by atoms with Crippen molar-refractivity contribution in [3.63, 3.8) is 0 Å². The molecule has 1 aliphatic heterocycles. The summed E-state index contributed by atoms with van der Waals surface area (Å²) < 4.78 is 8.94. The summed E-state index contributed by atoms with van der Waals surface area (Å²) >= 11 is 0. The molecule has 0 aromatic carbocycles. The summed E-state index contributed by atoms with van der Waals surface area (Å²) in [6.45, 7) is 13.5. The minimum absolute atomic E-state index is 0.0469. The van der Waals surface area contributed by atoms with Gasteiger partial charge in [-0.15, -0.1) is 0 Å². The number of pyridine rings is 1. The van der Waals surface area contributed by atoms with E-state index in [1.54, 1.807) is 13.8 Å². The first kappa shape index (κ1) is 24.7. The summed E-state index contributed by atoms with van der Waals surface area (Å²) in [6, 6.07) is 7.05. The van der Waals surface area contributed by atoms with E-state index < -0.39 is 5.60 Å². The molecule has 0 saturated carbocycles. The van der Waals surface area contributed by atoms with Crippen LogP contribution in [-0.2, 0) is 4.74 Å². The third-order valence-electron chi connectivity index (χ3n) is 6.53. The van der Waals surface area contributed by atoms with Crippen molar-refractivity contribution in [2.45, 2.75) is 72.6 Å². The molecule has 0 fully saturated rings. The van der Waals surface area contributed by atoms with Crippen molar-refractivity contribution in [3.05, 3.63) is 70.0 Å². The summed E-state index contributed by atoms with van der Waals surface area (Å²) in [5, 5.41) is 4.62. The van der Waals surface area contributed by atoms with Gasteiger partial charge in [-0.3, -0.25) is 19.1 Å². The van der Waals surface area contributed by atoms with E-state index in [-0.39, 0.29) is 23.7 Å². The number of carbonyl (C=O) groups is 1. The minimum atomic E-state index is -0.552. The van der Waals surface area contributed by atoms with E-state index in [1.807, 2.05) is 79.1 Å². The Morgan fingerprint density at radius 3 is 2.51 bits per heavy atom. The Bertz CT molecular complexity index is 1620. The van der Waals surface area contributed by atoms with Gasteiger partial charge in [0.15, 0.2) is 0 Å². The maximum absolute atomic E-state index is 13.1. The molecule has 5 rings (SSSR count). The van der Waals surface area contributed by atoms with Crippen molar-refractivity contribution in [2.75, 3.05) is 0 Å². The predicted octanol–water partition coefficient (Wildman–Crippen LogP) is 4.82. The Balaban J connectivity index is 1.47. The molecule has 192 valence electrons. The van der Waals surface area contributed by atoms with Gasteiger partial charge in [-0.1, -0.05) is 6.08 Å². The number of rotatable bonds is 2. The maximum Gasteiger partial charge on any atom is 0.411 e. The van der Waals surface area contributed by atoms with Gasteiger partial charge in [0.05, 0.1) is 34.8 Å². The molecule has 5 heterocycles. The summed E-state index contributed by atoms with van der Waals surface area (Å²) in [6.07, 6.45) is 6.08. The molecule has 0 radical (unpaired) electrons. The molecular weight excluding hydrogens is 468 g/mol. The van der Waals surface area contributed by atoms with Crippen molar-refractivity contribution in [3.8, 4) is 11.4 Å². The lowest BCUT2D eigenvalue weighted by Crippen LogP contribution is -2.48. The first-order valence-electron chi connectivity index (χ1n) is 12.5. The number of fused-ring (bicyclic) bond motifs is 2. The molecule has 0 spiro atoms. The average Bonchev–Trinajstić information content (AvgIpc) is 3.21. The molecule has 9 nitrogen and oxygen atoms in total. The Kier molecular flexibility index (Phi) is 5.89. The van der Waals surface area contributed by atoms with Gasteiger partial charge >= 0.3 is 6.09 Å². The SMILES string of the molecule is Cc1cn2nc(-c3cc(=O)n4cc(C5=C[C@H](C)N(C(=O)OC(C)(C)C)[C@@H](C)C5)ccc4n3)cc2c(C)n1. The number of hydrogen-bond donors (Lipinski definition) is 0. The largest absolute Gasteiger partial charge is 0.444 e. The Labute approximate surface area is 215 Å². The lowest BCUT2D eigenvalue weighted by molar-refractivity contribution is 0.0123. The van der Waals surface area contributed by atoms with Crippen LogP contribution in [0, 0.1) is 13.8 Å². The number of aryl methyl sites for hydroxylation is 2. The first-order valence-corrected chi connectivity index (χ1v) is 12.5. The number of hydrogen-bond acceptors (Lipinski definition) is 6. The van der Waals surface area contributed by atoms with Crippen LogP contribution in [0.1, 0.15) is 58.0 Å². The van der Waals surface area contributed by atoms with Crippen LogP contribution >= 0.6 is 0 Å². The maximum atomic E-state index is 13.1. The highest BCUT2D eigenvalue weighted by molar-refractivity contribution is 5.75. The molecule has 37 heavy (non-hydrogen) atoms. The van der Waals surface area contributed by atoms with Crippen LogP contribution in [0.3, 0.4) is 0 Å². The number of nitrogens with zero attached hydrogens (tertiary/aromatic N) is 6. The third kappa shape index (κ3) is 4.73. The summed E-state index contributed by atoms with van der Waals surface area (Å²) in [4.78, 5) is 36.9. The molecule has 1 aliphatic rings. The molecule has 2 atom stereocenters. The highest BCUT2D eigenvalue weighted by Gasteiger charge is 2.33. The van der Waals surface area contributed by atoms with Crippen molar-refractivity contribution in [2.24, 2.45) is 0 Å². The van der Waals surface area contributed by atoms with Gasteiger partial charge in [0.2, 0.25) is 0 Å². The van der Waals surface area contributed by atoms with Crippen molar-refractivity contribution in [1.82, 2.24) is 28.9 Å². The number of amides is 1. The van der Waals surface area contributed by atoms with E-state index in [2.05, 4.69) is 16.2 Å². The molecule has 0 aliphatic carbocycles. The van der Waals surface area contributed by atoms with E-state index in [1.165, 1.54) is 6.07 Å². The molecule has 4 aromatic rings. The lowest BCUT2D eigenvalue weighted by Gasteiger charge is -2.38. The van der Waals surface area contributed by atoms with Crippen molar-refractivity contribution in [1.29, 1.82) is 0 Å². The molecular formula is C28H32N6O3. The second-order valence-electron chi connectivity index (χ2n) is 10.8.